The molecule has 3 rings (SSSR count). The van der Waals surface area contributed by atoms with Gasteiger partial charge in [0.05, 0.1) is 5.69 Å². The number of amides is 1. The molecule has 2 heterocycles. The minimum absolute atomic E-state index is 0.145. The van der Waals surface area contributed by atoms with E-state index in [-0.39, 0.29) is 17.8 Å². The molecule has 2 atom stereocenters. The second-order valence-electron chi connectivity index (χ2n) is 6.18. The van der Waals surface area contributed by atoms with Gasteiger partial charge in [0.25, 0.3) is 5.91 Å². The molecule has 1 fully saturated rings. The van der Waals surface area contributed by atoms with Crippen LogP contribution in [0.5, 0.6) is 0 Å². The van der Waals surface area contributed by atoms with Crippen molar-refractivity contribution in [1.82, 2.24) is 14.7 Å². The molecule has 0 spiro atoms. The summed E-state index contributed by atoms with van der Waals surface area (Å²) in [5, 5.41) is 3.14. The van der Waals surface area contributed by atoms with E-state index in [4.69, 9.17) is 0 Å². The molecule has 1 saturated carbocycles. The molecule has 5 heteroatoms. The van der Waals surface area contributed by atoms with E-state index in [0.717, 1.165) is 19.3 Å². The van der Waals surface area contributed by atoms with Crippen molar-refractivity contribution in [2.75, 3.05) is 0 Å². The Balaban J connectivity index is 1.93. The first-order valence-corrected chi connectivity index (χ1v) is 8.07. The number of pyridine rings is 1. The van der Waals surface area contributed by atoms with Crippen molar-refractivity contribution in [2.24, 2.45) is 5.92 Å². The van der Waals surface area contributed by atoms with Crippen molar-refractivity contribution in [3.8, 4) is 0 Å². The molecule has 118 valence electrons. The number of nitrogens with one attached hydrogen (secondary N) is 1. The highest BCUT2D eigenvalue weighted by molar-refractivity contribution is 5.95. The Morgan fingerprint density at radius 1 is 1.41 bits per heavy atom. The van der Waals surface area contributed by atoms with Crippen LogP contribution in [-0.2, 0) is 6.42 Å². The SMILES string of the molecule is CCc1nc2ccc(F)cn2c1C(=O)NC1CCCCC1C. The Bertz CT molecular complexity index is 695. The van der Waals surface area contributed by atoms with Gasteiger partial charge in [-0.15, -0.1) is 0 Å². The van der Waals surface area contributed by atoms with Crippen LogP contribution in [0.25, 0.3) is 5.65 Å². The van der Waals surface area contributed by atoms with E-state index in [1.807, 2.05) is 6.92 Å². The molecule has 0 bridgehead atoms. The van der Waals surface area contributed by atoms with Crippen molar-refractivity contribution in [3.05, 3.63) is 35.5 Å². The number of carbonyl (C=O) groups excluding carboxylic acids is 1. The van der Waals surface area contributed by atoms with E-state index in [1.165, 1.54) is 18.7 Å². The van der Waals surface area contributed by atoms with Crippen molar-refractivity contribution in [1.29, 1.82) is 0 Å². The Hall–Kier alpha value is -1.91. The minimum Gasteiger partial charge on any atom is -0.348 e. The van der Waals surface area contributed by atoms with Crippen LogP contribution < -0.4 is 5.32 Å². The summed E-state index contributed by atoms with van der Waals surface area (Å²) < 4.78 is 15.1. The average molecular weight is 303 g/mol. The molecule has 1 amide bonds. The molecule has 0 radical (unpaired) electrons. The van der Waals surface area contributed by atoms with Gasteiger partial charge in [0.15, 0.2) is 0 Å². The Labute approximate surface area is 129 Å². The highest BCUT2D eigenvalue weighted by Gasteiger charge is 2.26. The summed E-state index contributed by atoms with van der Waals surface area (Å²) in [6, 6.07) is 3.17. The fourth-order valence-electron chi connectivity index (χ4n) is 3.32. The largest absolute Gasteiger partial charge is 0.348 e. The first kappa shape index (κ1) is 15.0. The first-order chi connectivity index (χ1) is 10.6. The summed E-state index contributed by atoms with van der Waals surface area (Å²) in [5.41, 5.74) is 1.79. The van der Waals surface area contributed by atoms with E-state index < -0.39 is 0 Å². The Morgan fingerprint density at radius 2 is 2.18 bits per heavy atom. The molecule has 4 nitrogen and oxygen atoms in total. The third-order valence-corrected chi connectivity index (χ3v) is 4.63. The molecule has 0 aliphatic heterocycles. The predicted octanol–water partition coefficient (Wildman–Crippen LogP) is 3.34. The third kappa shape index (κ3) is 2.72. The van der Waals surface area contributed by atoms with Gasteiger partial charge in [0, 0.05) is 12.2 Å². The van der Waals surface area contributed by atoms with Gasteiger partial charge in [0.1, 0.15) is 17.2 Å². The van der Waals surface area contributed by atoms with E-state index in [0.29, 0.717) is 29.4 Å². The number of halogens is 1. The molecule has 2 unspecified atom stereocenters. The second-order valence-corrected chi connectivity index (χ2v) is 6.18. The lowest BCUT2D eigenvalue weighted by Gasteiger charge is -2.29. The van der Waals surface area contributed by atoms with Crippen LogP contribution in [0.3, 0.4) is 0 Å². The number of rotatable bonds is 3. The molecule has 2 aromatic rings. The van der Waals surface area contributed by atoms with Gasteiger partial charge in [-0.2, -0.15) is 0 Å². The summed E-state index contributed by atoms with van der Waals surface area (Å²) in [4.78, 5) is 17.2. The van der Waals surface area contributed by atoms with Crippen LogP contribution >= 0.6 is 0 Å². The molecular formula is C17H22FN3O. The zero-order valence-electron chi connectivity index (χ0n) is 13.1. The first-order valence-electron chi connectivity index (χ1n) is 8.07. The van der Waals surface area contributed by atoms with Crippen molar-refractivity contribution < 1.29 is 9.18 Å². The van der Waals surface area contributed by atoms with E-state index >= 15 is 0 Å². The average Bonchev–Trinajstić information content (AvgIpc) is 2.87. The topological polar surface area (TPSA) is 46.4 Å². The van der Waals surface area contributed by atoms with Gasteiger partial charge >= 0.3 is 0 Å². The summed E-state index contributed by atoms with van der Waals surface area (Å²) in [7, 11) is 0. The maximum absolute atomic E-state index is 13.5. The Morgan fingerprint density at radius 3 is 2.91 bits per heavy atom. The number of aryl methyl sites for hydroxylation is 1. The van der Waals surface area contributed by atoms with Gasteiger partial charge in [-0.05, 0) is 37.3 Å². The zero-order valence-corrected chi connectivity index (χ0v) is 13.1. The number of nitrogens with zero attached hydrogens (tertiary/aromatic N) is 2. The highest BCUT2D eigenvalue weighted by Crippen LogP contribution is 2.24. The van der Waals surface area contributed by atoms with E-state index in [1.54, 1.807) is 10.5 Å². The highest BCUT2D eigenvalue weighted by atomic mass is 19.1. The summed E-state index contributed by atoms with van der Waals surface area (Å²) in [6.07, 6.45) is 6.52. The van der Waals surface area contributed by atoms with Gasteiger partial charge in [-0.25, -0.2) is 9.37 Å². The quantitative estimate of drug-likeness (QED) is 0.945. The fourth-order valence-corrected chi connectivity index (χ4v) is 3.32. The molecule has 1 aliphatic carbocycles. The lowest BCUT2D eigenvalue weighted by atomic mass is 9.86. The lowest BCUT2D eigenvalue weighted by molar-refractivity contribution is 0.0903. The second kappa shape index (κ2) is 6.07. The molecular weight excluding hydrogens is 281 g/mol. The number of fused-ring (bicyclic) bond motifs is 1. The normalized spacial score (nSPS) is 22.0. The smallest absolute Gasteiger partial charge is 0.270 e. The van der Waals surface area contributed by atoms with E-state index in [2.05, 4.69) is 17.2 Å². The van der Waals surface area contributed by atoms with Crippen molar-refractivity contribution in [3.63, 3.8) is 0 Å². The summed E-state index contributed by atoms with van der Waals surface area (Å²) in [6.45, 7) is 4.14. The molecule has 0 aromatic carbocycles. The molecule has 22 heavy (non-hydrogen) atoms. The van der Waals surface area contributed by atoms with E-state index in [9.17, 15) is 9.18 Å². The molecule has 1 N–H and O–H groups in total. The minimum atomic E-state index is -0.368. The maximum atomic E-state index is 13.5. The van der Waals surface area contributed by atoms with Crippen molar-refractivity contribution in [2.45, 2.75) is 52.0 Å². The molecule has 2 aromatic heterocycles. The maximum Gasteiger partial charge on any atom is 0.270 e. The van der Waals surface area contributed by atoms with Gasteiger partial charge in [-0.3, -0.25) is 9.20 Å². The summed E-state index contributed by atoms with van der Waals surface area (Å²) in [5.74, 6) is -0.0277. The predicted molar refractivity (Wildman–Crippen MR) is 83.4 cm³/mol. The van der Waals surface area contributed by atoms with Gasteiger partial charge in [-0.1, -0.05) is 26.7 Å². The van der Waals surface area contributed by atoms with Crippen LogP contribution in [0.4, 0.5) is 4.39 Å². The summed E-state index contributed by atoms with van der Waals surface area (Å²) >= 11 is 0. The number of hydrogen-bond donors (Lipinski definition) is 1. The van der Waals surface area contributed by atoms with Crippen LogP contribution in [0.1, 0.15) is 55.7 Å². The number of aromatic nitrogens is 2. The van der Waals surface area contributed by atoms with Crippen LogP contribution in [0.2, 0.25) is 0 Å². The third-order valence-electron chi connectivity index (χ3n) is 4.63. The van der Waals surface area contributed by atoms with Crippen LogP contribution in [0, 0.1) is 11.7 Å². The van der Waals surface area contributed by atoms with Crippen LogP contribution in [-0.4, -0.2) is 21.3 Å². The number of imidazole rings is 1. The monoisotopic (exact) mass is 303 g/mol. The standard InChI is InChI=1S/C17H22FN3O/c1-3-13-16(21-10-12(18)8-9-15(21)19-13)17(22)20-14-7-5-4-6-11(14)2/h8-11,14H,3-7H2,1-2H3,(H,20,22). The number of hydrogen-bond acceptors (Lipinski definition) is 2. The molecule has 0 saturated heterocycles. The van der Waals surface area contributed by atoms with Crippen LogP contribution in [0.15, 0.2) is 18.3 Å². The fraction of sp³-hybridized carbons (Fsp3) is 0.529. The zero-order chi connectivity index (χ0) is 15.7. The Kier molecular flexibility index (Phi) is 4.14. The molecule has 1 aliphatic rings. The number of carbonyl (C=O) groups is 1. The van der Waals surface area contributed by atoms with Gasteiger partial charge in [0.2, 0.25) is 0 Å². The van der Waals surface area contributed by atoms with Crippen molar-refractivity contribution >= 4 is 11.6 Å². The lowest BCUT2D eigenvalue weighted by Crippen LogP contribution is -2.41. The van der Waals surface area contributed by atoms with Gasteiger partial charge < -0.3 is 5.32 Å².